The van der Waals surface area contributed by atoms with Gasteiger partial charge in [0.05, 0.1) is 12.8 Å². The summed E-state index contributed by atoms with van der Waals surface area (Å²) in [6.45, 7) is 2.79. The maximum Gasteiger partial charge on any atom is 0.223 e. The molecule has 0 N–H and O–H groups in total. The van der Waals surface area contributed by atoms with Crippen molar-refractivity contribution < 1.29 is 9.21 Å². The first-order chi connectivity index (χ1) is 11.2. The van der Waals surface area contributed by atoms with Gasteiger partial charge in [0.2, 0.25) is 5.91 Å². The summed E-state index contributed by atoms with van der Waals surface area (Å²) in [7, 11) is 2.16. The molecule has 0 unspecified atom stereocenters. The molecular weight excluding hydrogens is 288 g/mol. The van der Waals surface area contributed by atoms with Gasteiger partial charge in [-0.25, -0.2) is 0 Å². The molecule has 2 fully saturated rings. The number of rotatable bonds is 6. The Bertz CT molecular complexity index is 472. The Kier molecular flexibility index (Phi) is 5.76. The summed E-state index contributed by atoms with van der Waals surface area (Å²) in [5.74, 6) is 2.00. The summed E-state index contributed by atoms with van der Waals surface area (Å²) < 4.78 is 5.50. The zero-order chi connectivity index (χ0) is 16.1. The van der Waals surface area contributed by atoms with Crippen molar-refractivity contribution in [1.29, 1.82) is 0 Å². The second kappa shape index (κ2) is 8.00. The van der Waals surface area contributed by atoms with E-state index in [1.165, 1.54) is 25.7 Å². The minimum absolute atomic E-state index is 0.322. The number of carbonyl (C=O) groups is 1. The predicted molar refractivity (Wildman–Crippen MR) is 91.0 cm³/mol. The van der Waals surface area contributed by atoms with Crippen LogP contribution in [-0.2, 0) is 11.3 Å². The molecular formula is C19H30N2O2. The summed E-state index contributed by atoms with van der Waals surface area (Å²) in [5, 5.41) is 0. The Morgan fingerprint density at radius 2 is 2.00 bits per heavy atom. The molecule has 23 heavy (non-hydrogen) atoms. The highest BCUT2D eigenvalue weighted by Gasteiger charge is 2.28. The number of nitrogens with zero attached hydrogens (tertiary/aromatic N) is 2. The maximum absolute atomic E-state index is 12.9. The summed E-state index contributed by atoms with van der Waals surface area (Å²) >= 11 is 0. The molecule has 2 aliphatic rings. The summed E-state index contributed by atoms with van der Waals surface area (Å²) in [5.41, 5.74) is 0. The van der Waals surface area contributed by atoms with Crippen LogP contribution in [0.1, 0.15) is 57.1 Å². The van der Waals surface area contributed by atoms with Crippen LogP contribution in [0.15, 0.2) is 22.8 Å². The highest BCUT2D eigenvalue weighted by Crippen LogP contribution is 2.29. The normalized spacial score (nSPS) is 20.9. The van der Waals surface area contributed by atoms with Crippen molar-refractivity contribution in [2.24, 2.45) is 5.92 Å². The number of amides is 1. The van der Waals surface area contributed by atoms with Gasteiger partial charge in [-0.05, 0) is 57.5 Å². The van der Waals surface area contributed by atoms with Gasteiger partial charge in [0.15, 0.2) is 0 Å². The van der Waals surface area contributed by atoms with E-state index < -0.39 is 0 Å². The van der Waals surface area contributed by atoms with Gasteiger partial charge in [-0.2, -0.15) is 0 Å². The van der Waals surface area contributed by atoms with Crippen molar-refractivity contribution in [3.8, 4) is 0 Å². The molecule has 1 aliphatic carbocycles. The lowest BCUT2D eigenvalue weighted by atomic mass is 9.99. The third-order valence-corrected chi connectivity index (χ3v) is 5.60. The van der Waals surface area contributed by atoms with E-state index in [0.717, 1.165) is 44.0 Å². The van der Waals surface area contributed by atoms with Gasteiger partial charge >= 0.3 is 0 Å². The summed E-state index contributed by atoms with van der Waals surface area (Å²) in [6, 6.07) is 4.25. The Hall–Kier alpha value is -1.29. The van der Waals surface area contributed by atoms with Crippen molar-refractivity contribution in [3.05, 3.63) is 24.2 Å². The zero-order valence-corrected chi connectivity index (χ0v) is 14.4. The number of furan rings is 1. The summed E-state index contributed by atoms with van der Waals surface area (Å²) in [4.78, 5) is 17.3. The molecule has 3 rings (SSSR count). The number of carbonyl (C=O) groups excluding carboxylic acids is 1. The lowest BCUT2D eigenvalue weighted by molar-refractivity contribution is -0.135. The first-order valence-corrected chi connectivity index (χ1v) is 9.23. The first kappa shape index (κ1) is 16.6. The molecule has 1 aliphatic heterocycles. The third kappa shape index (κ3) is 4.60. The number of piperidine rings is 1. The van der Waals surface area contributed by atoms with E-state index in [1.54, 1.807) is 6.26 Å². The van der Waals surface area contributed by atoms with Crippen LogP contribution < -0.4 is 0 Å². The van der Waals surface area contributed by atoms with Crippen molar-refractivity contribution in [2.75, 3.05) is 20.1 Å². The Morgan fingerprint density at radius 1 is 1.26 bits per heavy atom. The molecule has 1 aromatic rings. The standard InChI is InChI=1S/C19H30N2O2/c1-20-12-10-17(11-13-20)21(15-18-7-4-14-23-18)19(22)9-8-16-5-2-3-6-16/h4,7,14,16-17H,2-3,5-6,8-13,15H2,1H3. The van der Waals surface area contributed by atoms with Gasteiger partial charge in [0.1, 0.15) is 5.76 Å². The lowest BCUT2D eigenvalue weighted by Crippen LogP contribution is -2.46. The average molecular weight is 318 g/mol. The second-order valence-corrected chi connectivity index (χ2v) is 7.32. The molecule has 4 heteroatoms. The fourth-order valence-electron chi connectivity index (χ4n) is 4.07. The molecule has 128 valence electrons. The van der Waals surface area contributed by atoms with Gasteiger partial charge in [0.25, 0.3) is 0 Å². The van der Waals surface area contributed by atoms with Crippen LogP contribution in [0.3, 0.4) is 0 Å². The van der Waals surface area contributed by atoms with Crippen LogP contribution >= 0.6 is 0 Å². The van der Waals surface area contributed by atoms with Crippen molar-refractivity contribution in [2.45, 2.75) is 64.0 Å². The molecule has 0 aromatic carbocycles. The van der Waals surface area contributed by atoms with E-state index >= 15 is 0 Å². The minimum Gasteiger partial charge on any atom is -0.467 e. The van der Waals surface area contributed by atoms with Crippen LogP contribution in [0.4, 0.5) is 0 Å². The van der Waals surface area contributed by atoms with E-state index in [4.69, 9.17) is 4.42 Å². The van der Waals surface area contributed by atoms with Gasteiger partial charge in [-0.15, -0.1) is 0 Å². The molecule has 0 atom stereocenters. The molecule has 0 spiro atoms. The Balaban J connectivity index is 1.59. The van der Waals surface area contributed by atoms with E-state index in [1.807, 2.05) is 12.1 Å². The Labute approximate surface area is 139 Å². The van der Waals surface area contributed by atoms with Crippen molar-refractivity contribution in [3.63, 3.8) is 0 Å². The van der Waals surface area contributed by atoms with E-state index in [0.29, 0.717) is 24.9 Å². The van der Waals surface area contributed by atoms with Gasteiger partial charge in [-0.1, -0.05) is 25.7 Å². The number of hydrogen-bond donors (Lipinski definition) is 0. The van der Waals surface area contributed by atoms with Crippen LogP contribution in [0.2, 0.25) is 0 Å². The molecule has 4 nitrogen and oxygen atoms in total. The SMILES string of the molecule is CN1CCC(N(Cc2ccco2)C(=O)CCC2CCCC2)CC1. The van der Waals surface area contributed by atoms with Crippen LogP contribution in [0, 0.1) is 5.92 Å². The number of likely N-dealkylation sites (tertiary alicyclic amines) is 1. The van der Waals surface area contributed by atoms with Gasteiger partial charge in [-0.3, -0.25) is 4.79 Å². The van der Waals surface area contributed by atoms with E-state index in [-0.39, 0.29) is 0 Å². The molecule has 2 heterocycles. The highest BCUT2D eigenvalue weighted by atomic mass is 16.3. The second-order valence-electron chi connectivity index (χ2n) is 7.32. The summed E-state index contributed by atoms with van der Waals surface area (Å²) in [6.07, 6.45) is 11.0. The monoisotopic (exact) mass is 318 g/mol. The fraction of sp³-hybridized carbons (Fsp3) is 0.737. The minimum atomic E-state index is 0.322. The molecule has 1 amide bonds. The van der Waals surface area contributed by atoms with Gasteiger partial charge < -0.3 is 14.2 Å². The predicted octanol–water partition coefficient (Wildman–Crippen LogP) is 3.67. The molecule has 0 radical (unpaired) electrons. The van der Waals surface area contributed by atoms with Crippen LogP contribution in [0.5, 0.6) is 0 Å². The maximum atomic E-state index is 12.9. The van der Waals surface area contributed by atoms with Crippen LogP contribution in [0.25, 0.3) is 0 Å². The first-order valence-electron chi connectivity index (χ1n) is 9.23. The topological polar surface area (TPSA) is 36.7 Å². The Morgan fingerprint density at radius 3 is 2.65 bits per heavy atom. The molecule has 1 saturated heterocycles. The zero-order valence-electron chi connectivity index (χ0n) is 14.4. The number of hydrogen-bond acceptors (Lipinski definition) is 3. The highest BCUT2D eigenvalue weighted by molar-refractivity contribution is 5.76. The quantitative estimate of drug-likeness (QED) is 0.803. The smallest absolute Gasteiger partial charge is 0.223 e. The third-order valence-electron chi connectivity index (χ3n) is 5.60. The van der Waals surface area contributed by atoms with E-state index in [2.05, 4.69) is 16.8 Å². The molecule has 0 bridgehead atoms. The van der Waals surface area contributed by atoms with Crippen LogP contribution in [-0.4, -0.2) is 41.9 Å². The van der Waals surface area contributed by atoms with Gasteiger partial charge in [0, 0.05) is 12.5 Å². The van der Waals surface area contributed by atoms with Crippen molar-refractivity contribution in [1.82, 2.24) is 9.80 Å². The molecule has 1 saturated carbocycles. The molecule has 1 aromatic heterocycles. The fourth-order valence-corrected chi connectivity index (χ4v) is 4.07. The lowest BCUT2D eigenvalue weighted by Gasteiger charge is -2.37. The largest absolute Gasteiger partial charge is 0.467 e. The van der Waals surface area contributed by atoms with Crippen molar-refractivity contribution >= 4 is 5.91 Å². The average Bonchev–Trinajstić information content (AvgIpc) is 3.25. The van der Waals surface area contributed by atoms with E-state index in [9.17, 15) is 4.79 Å².